The molecule has 2 fully saturated rings. The summed E-state index contributed by atoms with van der Waals surface area (Å²) in [5, 5.41) is 0. The number of piperidine rings is 1. The molecule has 0 amide bonds. The van der Waals surface area contributed by atoms with E-state index in [0.29, 0.717) is 57.3 Å². The zero-order valence-corrected chi connectivity index (χ0v) is 16.5. The van der Waals surface area contributed by atoms with Crippen molar-refractivity contribution >= 4 is 5.78 Å². The van der Waals surface area contributed by atoms with E-state index in [1.165, 1.54) is 18.4 Å². The van der Waals surface area contributed by atoms with Gasteiger partial charge in [0.1, 0.15) is 5.78 Å². The molecule has 2 atom stereocenters. The van der Waals surface area contributed by atoms with Crippen LogP contribution in [0.15, 0.2) is 30.3 Å². The van der Waals surface area contributed by atoms with Gasteiger partial charge in [0.05, 0.1) is 33.0 Å². The van der Waals surface area contributed by atoms with Gasteiger partial charge in [-0.1, -0.05) is 30.3 Å². The Morgan fingerprint density at radius 3 is 2.26 bits per heavy atom. The Kier molecular flexibility index (Phi) is 8.27. The largest absolute Gasteiger partial charge is 0.382 e. The molecule has 2 unspecified atom stereocenters. The van der Waals surface area contributed by atoms with Crippen molar-refractivity contribution in [3.05, 3.63) is 35.9 Å². The standard InChI is InChI=1S/C22H33NO4/c1-25-11-12-27-14-13-26-10-9-22(24)19-15-20-7-8-21(16-19)23(20)17-18-5-3-2-4-6-18/h2-6,19-21H,7-17H2,1H3. The number of hydrogen-bond acceptors (Lipinski definition) is 5. The number of carbonyl (C=O) groups is 1. The second kappa shape index (κ2) is 10.9. The molecule has 1 aromatic carbocycles. The van der Waals surface area contributed by atoms with Gasteiger partial charge < -0.3 is 14.2 Å². The molecule has 2 heterocycles. The smallest absolute Gasteiger partial charge is 0.138 e. The van der Waals surface area contributed by atoms with Gasteiger partial charge in [0.25, 0.3) is 0 Å². The van der Waals surface area contributed by atoms with Crippen molar-refractivity contribution < 1.29 is 19.0 Å². The normalized spacial score (nSPS) is 25.0. The van der Waals surface area contributed by atoms with Gasteiger partial charge in [-0.25, -0.2) is 0 Å². The van der Waals surface area contributed by atoms with Crippen LogP contribution in [0, 0.1) is 5.92 Å². The highest BCUT2D eigenvalue weighted by atomic mass is 16.5. The Morgan fingerprint density at radius 1 is 0.963 bits per heavy atom. The van der Waals surface area contributed by atoms with E-state index in [-0.39, 0.29) is 5.92 Å². The van der Waals surface area contributed by atoms with Crippen molar-refractivity contribution in [1.82, 2.24) is 4.90 Å². The number of hydrogen-bond donors (Lipinski definition) is 0. The van der Waals surface area contributed by atoms with Gasteiger partial charge in [-0.2, -0.15) is 0 Å². The Balaban J connectivity index is 1.35. The molecule has 0 aromatic heterocycles. The maximum atomic E-state index is 12.6. The predicted molar refractivity (Wildman–Crippen MR) is 105 cm³/mol. The van der Waals surface area contributed by atoms with Crippen molar-refractivity contribution in [3.8, 4) is 0 Å². The van der Waals surface area contributed by atoms with E-state index in [1.54, 1.807) is 7.11 Å². The third-order valence-electron chi connectivity index (χ3n) is 5.84. The number of benzene rings is 1. The Morgan fingerprint density at radius 2 is 1.59 bits per heavy atom. The van der Waals surface area contributed by atoms with E-state index in [0.717, 1.165) is 19.4 Å². The topological polar surface area (TPSA) is 48.0 Å². The Hall–Kier alpha value is -1.27. The van der Waals surface area contributed by atoms with Crippen LogP contribution in [0.4, 0.5) is 0 Å². The first-order valence-electron chi connectivity index (χ1n) is 10.2. The monoisotopic (exact) mass is 375 g/mol. The van der Waals surface area contributed by atoms with Crippen LogP contribution in [-0.2, 0) is 25.5 Å². The maximum Gasteiger partial charge on any atom is 0.138 e. The van der Waals surface area contributed by atoms with Crippen LogP contribution < -0.4 is 0 Å². The average Bonchev–Trinajstić information content (AvgIpc) is 2.91. The zero-order chi connectivity index (χ0) is 18.9. The van der Waals surface area contributed by atoms with E-state index >= 15 is 0 Å². The zero-order valence-electron chi connectivity index (χ0n) is 16.5. The SMILES string of the molecule is COCCOCCOCCC(=O)C1CC2CCC(C1)N2Cc1ccccc1. The summed E-state index contributed by atoms with van der Waals surface area (Å²) in [6, 6.07) is 11.8. The van der Waals surface area contributed by atoms with Gasteiger partial charge in [-0.05, 0) is 31.2 Å². The van der Waals surface area contributed by atoms with E-state index in [9.17, 15) is 4.79 Å². The maximum absolute atomic E-state index is 12.6. The molecular formula is C22H33NO4. The van der Waals surface area contributed by atoms with Crippen molar-refractivity contribution in [1.29, 1.82) is 0 Å². The summed E-state index contributed by atoms with van der Waals surface area (Å²) in [5.41, 5.74) is 1.38. The fourth-order valence-corrected chi connectivity index (χ4v) is 4.43. The summed E-state index contributed by atoms with van der Waals surface area (Å²) in [6.07, 6.45) is 5.03. The number of nitrogens with zero attached hydrogens (tertiary/aromatic N) is 1. The van der Waals surface area contributed by atoms with Crippen molar-refractivity contribution in [2.45, 2.75) is 50.7 Å². The lowest BCUT2D eigenvalue weighted by Gasteiger charge is -2.38. The molecular weight excluding hydrogens is 342 g/mol. The number of ether oxygens (including phenoxy) is 3. The third-order valence-corrected chi connectivity index (χ3v) is 5.84. The van der Waals surface area contributed by atoms with Gasteiger partial charge in [-0.3, -0.25) is 9.69 Å². The number of Topliss-reactive ketones (excluding diaryl/α,β-unsaturated/α-hetero) is 1. The molecule has 2 aliphatic rings. The lowest BCUT2D eigenvalue weighted by molar-refractivity contribution is -0.126. The molecule has 2 bridgehead atoms. The van der Waals surface area contributed by atoms with Crippen LogP contribution in [0.3, 0.4) is 0 Å². The molecule has 5 heteroatoms. The first-order valence-corrected chi connectivity index (χ1v) is 10.2. The lowest BCUT2D eigenvalue weighted by Crippen LogP contribution is -2.44. The second-order valence-electron chi connectivity index (χ2n) is 7.65. The molecule has 2 aliphatic heterocycles. The summed E-state index contributed by atoms with van der Waals surface area (Å²) >= 11 is 0. The van der Waals surface area contributed by atoms with Gasteiger partial charge >= 0.3 is 0 Å². The molecule has 150 valence electrons. The summed E-state index contributed by atoms with van der Waals surface area (Å²) in [7, 11) is 1.66. The number of carbonyl (C=O) groups excluding carboxylic acids is 1. The number of ketones is 1. The van der Waals surface area contributed by atoms with Crippen LogP contribution in [0.25, 0.3) is 0 Å². The number of fused-ring (bicyclic) bond motifs is 2. The molecule has 0 aliphatic carbocycles. The number of rotatable bonds is 12. The molecule has 0 spiro atoms. The second-order valence-corrected chi connectivity index (χ2v) is 7.65. The van der Waals surface area contributed by atoms with E-state index in [1.807, 2.05) is 0 Å². The molecule has 3 rings (SSSR count). The minimum Gasteiger partial charge on any atom is -0.382 e. The molecule has 0 N–H and O–H groups in total. The molecule has 0 radical (unpaired) electrons. The minimum atomic E-state index is 0.219. The summed E-state index contributed by atoms with van der Waals surface area (Å²) < 4.78 is 15.8. The molecule has 27 heavy (non-hydrogen) atoms. The van der Waals surface area contributed by atoms with E-state index in [4.69, 9.17) is 14.2 Å². The van der Waals surface area contributed by atoms with Gasteiger partial charge in [-0.15, -0.1) is 0 Å². The van der Waals surface area contributed by atoms with Gasteiger partial charge in [0, 0.05) is 38.1 Å². The highest BCUT2D eigenvalue weighted by Gasteiger charge is 2.42. The summed E-state index contributed by atoms with van der Waals surface area (Å²) in [5.74, 6) is 0.600. The highest BCUT2D eigenvalue weighted by Crippen LogP contribution is 2.40. The van der Waals surface area contributed by atoms with Crippen LogP contribution in [0.1, 0.15) is 37.7 Å². The quantitative estimate of drug-likeness (QED) is 0.526. The van der Waals surface area contributed by atoms with Gasteiger partial charge in [0.15, 0.2) is 0 Å². The van der Waals surface area contributed by atoms with E-state index in [2.05, 4.69) is 35.2 Å². The summed E-state index contributed by atoms with van der Waals surface area (Å²) in [4.78, 5) is 15.2. The predicted octanol–water partition coefficient (Wildman–Crippen LogP) is 3.07. The van der Waals surface area contributed by atoms with Crippen LogP contribution in [-0.4, -0.2) is 62.9 Å². The van der Waals surface area contributed by atoms with E-state index < -0.39 is 0 Å². The number of methoxy groups -OCH3 is 1. The van der Waals surface area contributed by atoms with Crippen molar-refractivity contribution in [2.24, 2.45) is 5.92 Å². The molecule has 5 nitrogen and oxygen atoms in total. The lowest BCUT2D eigenvalue weighted by atomic mass is 9.86. The highest BCUT2D eigenvalue weighted by molar-refractivity contribution is 5.81. The fourth-order valence-electron chi connectivity index (χ4n) is 4.43. The fraction of sp³-hybridized carbons (Fsp3) is 0.682. The third kappa shape index (κ3) is 6.11. The van der Waals surface area contributed by atoms with Gasteiger partial charge in [0.2, 0.25) is 0 Å². The first kappa shape index (κ1) is 20.5. The Labute approximate surface area is 163 Å². The van der Waals surface area contributed by atoms with Crippen LogP contribution in [0.5, 0.6) is 0 Å². The minimum absolute atomic E-state index is 0.219. The van der Waals surface area contributed by atoms with Crippen LogP contribution >= 0.6 is 0 Å². The molecule has 0 saturated carbocycles. The summed E-state index contributed by atoms with van der Waals surface area (Å²) in [6.45, 7) is 3.81. The van der Waals surface area contributed by atoms with Crippen LogP contribution in [0.2, 0.25) is 0 Å². The molecule has 1 aromatic rings. The van der Waals surface area contributed by atoms with Crippen molar-refractivity contribution in [2.75, 3.05) is 40.1 Å². The van der Waals surface area contributed by atoms with Crippen molar-refractivity contribution in [3.63, 3.8) is 0 Å². The average molecular weight is 376 g/mol. The Bertz CT molecular complexity index is 551. The molecule has 2 saturated heterocycles. The first-order chi connectivity index (χ1) is 13.3.